The minimum atomic E-state index is -1.05. The summed E-state index contributed by atoms with van der Waals surface area (Å²) in [5.74, 6) is -2.22. The monoisotopic (exact) mass is 973 g/mol. The van der Waals surface area contributed by atoms with E-state index in [-0.39, 0.29) is 30.2 Å². The molecule has 2 atom stereocenters. The molecule has 16 heteroatoms. The number of nitrogens with zero attached hydrogens (tertiary/aromatic N) is 4. The molecule has 8 rings (SSSR count). The molecule has 0 spiro atoms. The third kappa shape index (κ3) is 13.1. The summed E-state index contributed by atoms with van der Waals surface area (Å²) in [4.78, 5) is 88.6. The normalized spacial score (nSPS) is 13.6. The van der Waals surface area contributed by atoms with Gasteiger partial charge in [-0.3, -0.25) is 24.4 Å². The van der Waals surface area contributed by atoms with Crippen LogP contribution in [0.15, 0.2) is 134 Å². The molecule has 372 valence electrons. The van der Waals surface area contributed by atoms with E-state index >= 15 is 0 Å². The molecule has 4 heterocycles. The van der Waals surface area contributed by atoms with Crippen molar-refractivity contribution in [2.45, 2.75) is 90.5 Å². The Kier molecular flexibility index (Phi) is 15.8. The Hall–Kier alpha value is -8.40. The zero-order valence-corrected chi connectivity index (χ0v) is 41.2. The number of rotatable bonds is 12. The van der Waals surface area contributed by atoms with Gasteiger partial charge < -0.3 is 40.7 Å². The van der Waals surface area contributed by atoms with Crippen molar-refractivity contribution in [2.75, 3.05) is 22.9 Å². The molecule has 72 heavy (non-hydrogen) atoms. The van der Waals surface area contributed by atoms with Crippen molar-refractivity contribution < 1.29 is 43.3 Å². The van der Waals surface area contributed by atoms with Gasteiger partial charge in [0.25, 0.3) is 0 Å². The third-order valence-corrected chi connectivity index (χ3v) is 11.8. The summed E-state index contributed by atoms with van der Waals surface area (Å²) in [5.41, 5.74) is 12.2. The first-order chi connectivity index (χ1) is 34.2. The molecule has 16 nitrogen and oxygen atoms in total. The van der Waals surface area contributed by atoms with Gasteiger partial charge in [0.15, 0.2) is 0 Å². The molecule has 0 unspecified atom stereocenters. The molecule has 6 aromatic rings. The molecule has 0 saturated heterocycles. The Morgan fingerprint density at radius 1 is 0.569 bits per heavy atom. The van der Waals surface area contributed by atoms with Crippen LogP contribution in [0, 0.1) is 0 Å². The first-order valence-electron chi connectivity index (χ1n) is 23.6. The number of fused-ring (bicyclic) bond motifs is 2. The number of hydrogen-bond donors (Lipinski definition) is 4. The average Bonchev–Trinajstić information content (AvgIpc) is 3.98. The lowest BCUT2D eigenvalue weighted by Gasteiger charge is -2.27. The van der Waals surface area contributed by atoms with Gasteiger partial charge in [0.1, 0.15) is 23.3 Å². The number of anilines is 2. The van der Waals surface area contributed by atoms with Gasteiger partial charge in [-0.25, -0.2) is 14.4 Å². The highest BCUT2D eigenvalue weighted by atomic mass is 16.6. The lowest BCUT2D eigenvalue weighted by molar-refractivity contribution is -0.121. The highest BCUT2D eigenvalue weighted by Gasteiger charge is 2.37. The van der Waals surface area contributed by atoms with E-state index < -0.39 is 47.3 Å². The quantitative estimate of drug-likeness (QED) is 0.0912. The van der Waals surface area contributed by atoms with Gasteiger partial charge in [0, 0.05) is 67.7 Å². The second kappa shape index (κ2) is 22.1. The fourth-order valence-electron chi connectivity index (χ4n) is 8.67. The molecule has 4 aromatic carbocycles. The van der Waals surface area contributed by atoms with Crippen molar-refractivity contribution in [1.29, 1.82) is 0 Å². The number of carboxylic acid groups (broad SMARTS) is 1. The van der Waals surface area contributed by atoms with Crippen molar-refractivity contribution in [3.63, 3.8) is 0 Å². The Bertz CT molecular complexity index is 2740. The van der Waals surface area contributed by atoms with Crippen molar-refractivity contribution >= 4 is 47.3 Å². The van der Waals surface area contributed by atoms with Crippen molar-refractivity contribution in [3.05, 3.63) is 167 Å². The van der Waals surface area contributed by atoms with E-state index in [9.17, 15) is 33.9 Å². The van der Waals surface area contributed by atoms with Gasteiger partial charge in [-0.05, 0) is 147 Å². The number of aromatic nitrogens is 2. The topological polar surface area (TPSA) is 223 Å². The lowest BCUT2D eigenvalue weighted by atomic mass is 9.97. The number of carbonyl (C=O) groups excluding carboxylic acids is 5. The fourth-order valence-corrected chi connectivity index (χ4v) is 8.67. The maximum atomic E-state index is 13.9. The fraction of sp³-hybridized carbons (Fsp3) is 0.286. The number of ether oxygens (including phenoxy) is 2. The summed E-state index contributed by atoms with van der Waals surface area (Å²) in [6.45, 7) is 11.3. The van der Waals surface area contributed by atoms with Gasteiger partial charge in [-0.15, -0.1) is 0 Å². The summed E-state index contributed by atoms with van der Waals surface area (Å²) in [7, 11) is 0. The first-order valence-corrected chi connectivity index (χ1v) is 23.6. The van der Waals surface area contributed by atoms with Gasteiger partial charge in [0.05, 0.1) is 5.56 Å². The van der Waals surface area contributed by atoms with E-state index in [1.807, 2.05) is 84.9 Å². The molecule has 5 N–H and O–H groups in total. The number of nitrogens with one attached hydrogen (secondary N) is 2. The molecule has 2 aliphatic rings. The van der Waals surface area contributed by atoms with Gasteiger partial charge in [-0.2, -0.15) is 0 Å². The summed E-state index contributed by atoms with van der Waals surface area (Å²) >= 11 is 0. The van der Waals surface area contributed by atoms with Crippen LogP contribution in [0.25, 0.3) is 22.3 Å². The minimum absolute atomic E-state index is 0.161. The summed E-state index contributed by atoms with van der Waals surface area (Å²) in [5, 5.41) is 15.4. The van der Waals surface area contributed by atoms with E-state index in [1.54, 1.807) is 100 Å². The third-order valence-electron chi connectivity index (χ3n) is 11.8. The van der Waals surface area contributed by atoms with Crippen molar-refractivity contribution in [1.82, 2.24) is 20.6 Å². The highest BCUT2D eigenvalue weighted by Crippen LogP contribution is 2.38. The van der Waals surface area contributed by atoms with Crippen LogP contribution < -0.4 is 26.2 Å². The number of hydrogen-bond acceptors (Lipinski definition) is 10. The largest absolute Gasteiger partial charge is 0.478 e. The van der Waals surface area contributed by atoms with Crippen LogP contribution in [0.2, 0.25) is 0 Å². The summed E-state index contributed by atoms with van der Waals surface area (Å²) in [6.07, 6.45) is 6.68. The number of pyridine rings is 2. The molecule has 0 saturated carbocycles. The van der Waals surface area contributed by atoms with Crippen LogP contribution in [0.3, 0.4) is 0 Å². The maximum absolute atomic E-state index is 13.9. The number of carbonyl (C=O) groups is 6. The molecule has 0 fully saturated rings. The predicted octanol–water partition coefficient (Wildman–Crippen LogP) is 8.34. The van der Waals surface area contributed by atoms with E-state index in [1.165, 1.54) is 0 Å². The Morgan fingerprint density at radius 3 is 1.31 bits per heavy atom. The van der Waals surface area contributed by atoms with Gasteiger partial charge >= 0.3 is 18.2 Å². The van der Waals surface area contributed by atoms with Gasteiger partial charge in [-0.1, -0.05) is 60.7 Å². The average molecular weight is 974 g/mol. The van der Waals surface area contributed by atoms with Gasteiger partial charge in [0.2, 0.25) is 17.7 Å². The number of primary amides is 1. The number of alkyl carbamates (subject to hydrolysis) is 2. The lowest BCUT2D eigenvalue weighted by Crippen LogP contribution is -2.50. The maximum Gasteiger partial charge on any atom is 0.408 e. The van der Waals surface area contributed by atoms with E-state index in [2.05, 4.69) is 20.6 Å². The summed E-state index contributed by atoms with van der Waals surface area (Å²) < 4.78 is 10.8. The van der Waals surface area contributed by atoms with Crippen molar-refractivity contribution in [3.8, 4) is 22.3 Å². The SMILES string of the molecule is CC(C)(C)OC(=O)N[C@@H](Cc1ccccc1)C(=O)N1CCc2c(C(=O)O)cc(-c3ccncc3)cc21.CC(C)(C)OC(=O)N[C@@H](Cc1ccccc1)C(=O)N1CCc2c(C(N)=O)cc(-c3ccncc3)cc21. The minimum Gasteiger partial charge on any atom is -0.478 e. The van der Waals surface area contributed by atoms with Crippen LogP contribution in [-0.2, 0) is 44.7 Å². The Labute approximate surface area is 418 Å². The Balaban J connectivity index is 0.000000211. The predicted molar refractivity (Wildman–Crippen MR) is 274 cm³/mol. The Morgan fingerprint density at radius 2 is 0.944 bits per heavy atom. The molecular formula is C56H59N7O9. The molecular weight excluding hydrogens is 915 g/mol. The number of aromatic carboxylic acids is 1. The molecule has 5 amide bonds. The van der Waals surface area contributed by atoms with E-state index in [0.717, 1.165) is 33.4 Å². The zero-order chi connectivity index (χ0) is 51.7. The zero-order valence-electron chi connectivity index (χ0n) is 41.2. The number of amides is 5. The molecule has 0 bridgehead atoms. The second-order valence-electron chi connectivity index (χ2n) is 19.4. The van der Waals surface area contributed by atoms with Crippen LogP contribution >= 0.6 is 0 Å². The molecule has 0 radical (unpaired) electrons. The number of nitrogens with two attached hydrogens (primary N) is 1. The van der Waals surface area contributed by atoms with E-state index in [4.69, 9.17) is 15.2 Å². The van der Waals surface area contributed by atoms with E-state index in [0.29, 0.717) is 54.0 Å². The van der Waals surface area contributed by atoms with Crippen LogP contribution in [-0.4, -0.2) is 87.3 Å². The molecule has 0 aliphatic carbocycles. The molecule has 2 aliphatic heterocycles. The van der Waals surface area contributed by atoms with Crippen molar-refractivity contribution in [2.24, 2.45) is 5.73 Å². The van der Waals surface area contributed by atoms with Crippen LogP contribution in [0.1, 0.15) is 84.5 Å². The first kappa shape index (κ1) is 51.5. The smallest absolute Gasteiger partial charge is 0.408 e. The molecule has 2 aromatic heterocycles. The number of carboxylic acids is 1. The second-order valence-corrected chi connectivity index (χ2v) is 19.4. The highest BCUT2D eigenvalue weighted by molar-refractivity contribution is 6.06. The van der Waals surface area contributed by atoms with Crippen LogP contribution in [0.4, 0.5) is 21.0 Å². The number of benzene rings is 4. The summed E-state index contributed by atoms with van der Waals surface area (Å²) in [6, 6.07) is 31.4. The standard InChI is InChI=1S/C28H30N4O4.C28H29N3O5/c1-28(2,3)36-27(35)31-23(15-18-7-5-4-6-8-18)26(34)32-14-11-21-22(25(29)33)16-20(17-24(21)32)19-9-12-30-13-10-19;1-28(2,3)36-27(35)30-23(15-18-7-5-4-6-8-18)25(32)31-14-11-21-22(26(33)34)16-20(17-24(21)31)19-9-12-29-13-10-19/h4-10,12-13,16-17,23H,11,14-15H2,1-3H3,(H2,29,33)(H,31,35);4-10,12-13,16-17,23H,11,14-15H2,1-3H3,(H,30,35)(H,33,34)/t2*23-/m00/s1. The van der Waals surface area contributed by atoms with Crippen LogP contribution in [0.5, 0.6) is 0 Å².